The molecule has 0 spiro atoms. The molecule has 1 heterocycles. The smallest absolute Gasteiger partial charge is 0.224 e. The van der Waals surface area contributed by atoms with E-state index in [0.717, 1.165) is 59.7 Å². The van der Waals surface area contributed by atoms with E-state index >= 15 is 0 Å². The Balaban J connectivity index is 1.16. The largest absolute Gasteiger partial charge is 0.369 e. The summed E-state index contributed by atoms with van der Waals surface area (Å²) in [5, 5.41) is 11.0. The van der Waals surface area contributed by atoms with Crippen LogP contribution in [0.5, 0.6) is 0 Å². The van der Waals surface area contributed by atoms with Crippen LogP contribution in [0.15, 0.2) is 43.0 Å². The van der Waals surface area contributed by atoms with Crippen molar-refractivity contribution in [2.75, 3.05) is 23.7 Å². The van der Waals surface area contributed by atoms with Gasteiger partial charge in [-0.15, -0.1) is 6.58 Å². The predicted molar refractivity (Wildman–Crippen MR) is 145 cm³/mol. The number of benzene rings is 1. The minimum atomic E-state index is 0.0967. The average molecular weight is 474 g/mol. The van der Waals surface area contributed by atoms with E-state index in [1.165, 1.54) is 38.5 Å². The third-order valence-corrected chi connectivity index (χ3v) is 8.45. The van der Waals surface area contributed by atoms with Gasteiger partial charge in [-0.2, -0.15) is 0 Å². The van der Waals surface area contributed by atoms with Crippen molar-refractivity contribution in [1.82, 2.24) is 10.3 Å². The highest BCUT2D eigenvalue weighted by atomic mass is 16.1. The number of amides is 1. The number of nitrogens with zero attached hydrogens (tertiary/aromatic N) is 1. The van der Waals surface area contributed by atoms with Crippen molar-refractivity contribution in [3.8, 4) is 0 Å². The lowest BCUT2D eigenvalue weighted by atomic mass is 9.49. The maximum absolute atomic E-state index is 13.2. The number of nitrogens with one attached hydrogen (secondary N) is 3. The second-order valence-corrected chi connectivity index (χ2v) is 12.2. The minimum absolute atomic E-state index is 0.0967. The summed E-state index contributed by atoms with van der Waals surface area (Å²) < 4.78 is 0. The zero-order valence-corrected chi connectivity index (χ0v) is 21.4. The fourth-order valence-electron chi connectivity index (χ4n) is 7.45. The summed E-state index contributed by atoms with van der Waals surface area (Å²) in [5.74, 6) is 3.63. The Morgan fingerprint density at radius 1 is 1.09 bits per heavy atom. The maximum atomic E-state index is 13.2. The lowest BCUT2D eigenvalue weighted by Gasteiger charge is -2.56. The van der Waals surface area contributed by atoms with Crippen molar-refractivity contribution in [3.63, 3.8) is 0 Å². The first-order chi connectivity index (χ1) is 16.8. The van der Waals surface area contributed by atoms with Crippen LogP contribution in [0.2, 0.25) is 0 Å². The van der Waals surface area contributed by atoms with Crippen LogP contribution in [0.4, 0.5) is 11.5 Å². The van der Waals surface area contributed by atoms with Crippen LogP contribution in [-0.2, 0) is 4.79 Å². The van der Waals surface area contributed by atoms with E-state index in [2.05, 4.69) is 49.0 Å². The van der Waals surface area contributed by atoms with Crippen molar-refractivity contribution in [2.45, 2.75) is 65.2 Å². The number of pyridine rings is 1. The molecule has 6 rings (SSSR count). The molecule has 35 heavy (non-hydrogen) atoms. The zero-order chi connectivity index (χ0) is 24.5. The first kappa shape index (κ1) is 24.3. The van der Waals surface area contributed by atoms with Gasteiger partial charge in [-0.3, -0.25) is 4.79 Å². The highest BCUT2D eigenvalue weighted by Crippen LogP contribution is 2.61. The molecule has 4 fully saturated rings. The van der Waals surface area contributed by atoms with Crippen molar-refractivity contribution in [1.29, 1.82) is 0 Å². The summed E-state index contributed by atoms with van der Waals surface area (Å²) in [7, 11) is 0. The van der Waals surface area contributed by atoms with Gasteiger partial charge in [-0.05, 0) is 97.8 Å². The molecule has 4 aliphatic carbocycles. The van der Waals surface area contributed by atoms with Gasteiger partial charge < -0.3 is 16.0 Å². The minimum Gasteiger partial charge on any atom is -0.369 e. The molecule has 4 aliphatic rings. The average Bonchev–Trinajstić information content (AvgIpc) is 2.77. The van der Waals surface area contributed by atoms with E-state index in [1.54, 1.807) is 0 Å². The maximum Gasteiger partial charge on any atom is 0.224 e. The molecule has 0 saturated heterocycles. The SMILES string of the molecule is C=CCC(C)(C)[CH]NCCNc1ccc2c(NC(=O)CC34CC5CC(CC(C5)C3)C4)cccc2n1. The highest BCUT2D eigenvalue weighted by molar-refractivity contribution is 6.01. The Bertz CT molecular complexity index is 1040. The van der Waals surface area contributed by atoms with Crippen LogP contribution in [0.3, 0.4) is 0 Å². The fourth-order valence-corrected chi connectivity index (χ4v) is 7.45. The molecule has 2 aromatic rings. The number of fused-ring (bicyclic) bond motifs is 1. The standard InChI is InChI=1S/C30H41N4O/c1-4-10-29(2,3)20-31-11-12-32-27-9-8-24-25(33-27)6-5-7-26(24)34-28(35)19-30-16-21-13-22(17-30)15-23(14-21)18-30/h4-9,20-23,31H,1,10-19H2,2-3H3,(H,32,33)(H,34,35). The van der Waals surface area contributed by atoms with Crippen molar-refractivity contribution < 1.29 is 4.79 Å². The number of anilines is 2. The van der Waals surface area contributed by atoms with E-state index in [-0.39, 0.29) is 16.7 Å². The summed E-state index contributed by atoms with van der Waals surface area (Å²) >= 11 is 0. The Hall–Kier alpha value is -2.40. The summed E-state index contributed by atoms with van der Waals surface area (Å²) in [4.78, 5) is 17.9. The van der Waals surface area contributed by atoms with Gasteiger partial charge in [-0.25, -0.2) is 4.98 Å². The molecule has 4 saturated carbocycles. The first-order valence-electron chi connectivity index (χ1n) is 13.5. The third kappa shape index (κ3) is 5.72. The zero-order valence-electron chi connectivity index (χ0n) is 21.4. The Morgan fingerprint density at radius 2 is 1.80 bits per heavy atom. The first-order valence-corrected chi connectivity index (χ1v) is 13.5. The van der Waals surface area contributed by atoms with Crippen LogP contribution in [-0.4, -0.2) is 24.0 Å². The number of hydrogen-bond acceptors (Lipinski definition) is 4. The molecule has 187 valence electrons. The van der Waals surface area contributed by atoms with Gasteiger partial charge in [0.25, 0.3) is 0 Å². The fraction of sp³-hybridized carbons (Fsp3) is 0.567. The van der Waals surface area contributed by atoms with E-state index in [9.17, 15) is 4.79 Å². The predicted octanol–water partition coefficient (Wildman–Crippen LogP) is 6.55. The molecule has 4 bridgehead atoms. The number of allylic oxidation sites excluding steroid dienone is 1. The quantitative estimate of drug-likeness (QED) is 0.256. The number of carbonyl (C=O) groups excluding carboxylic acids is 1. The van der Waals surface area contributed by atoms with Crippen LogP contribution < -0.4 is 16.0 Å². The lowest BCUT2D eigenvalue weighted by molar-refractivity contribution is -0.124. The molecule has 1 radical (unpaired) electrons. The van der Waals surface area contributed by atoms with Gasteiger partial charge in [-0.1, -0.05) is 26.0 Å². The molecule has 1 amide bonds. The summed E-state index contributed by atoms with van der Waals surface area (Å²) in [6.45, 7) is 12.0. The molecular weight excluding hydrogens is 432 g/mol. The number of carbonyl (C=O) groups is 1. The van der Waals surface area contributed by atoms with E-state index in [0.29, 0.717) is 6.42 Å². The Morgan fingerprint density at radius 3 is 2.49 bits per heavy atom. The number of aromatic nitrogens is 1. The van der Waals surface area contributed by atoms with Crippen LogP contribution >= 0.6 is 0 Å². The molecule has 3 N–H and O–H groups in total. The summed E-state index contributed by atoms with van der Waals surface area (Å²) in [6, 6.07) is 10.1. The third-order valence-electron chi connectivity index (χ3n) is 8.45. The second-order valence-electron chi connectivity index (χ2n) is 12.2. The van der Waals surface area contributed by atoms with Gasteiger partial charge in [0.1, 0.15) is 5.82 Å². The molecular formula is C30H41N4O. The van der Waals surface area contributed by atoms with E-state index in [4.69, 9.17) is 4.98 Å². The Labute approximate surface area is 210 Å². The topological polar surface area (TPSA) is 66.0 Å². The normalized spacial score (nSPS) is 27.2. The Kier molecular flexibility index (Phi) is 6.89. The number of hydrogen-bond donors (Lipinski definition) is 3. The van der Waals surface area contributed by atoms with Gasteiger partial charge in [0.2, 0.25) is 5.91 Å². The van der Waals surface area contributed by atoms with Crippen molar-refractivity contribution in [2.24, 2.45) is 28.6 Å². The molecule has 1 aromatic heterocycles. The van der Waals surface area contributed by atoms with Crippen molar-refractivity contribution in [3.05, 3.63) is 49.5 Å². The molecule has 0 aliphatic heterocycles. The summed E-state index contributed by atoms with van der Waals surface area (Å²) in [6.07, 6.45) is 11.6. The summed E-state index contributed by atoms with van der Waals surface area (Å²) in [5.41, 5.74) is 2.12. The van der Waals surface area contributed by atoms with E-state index < -0.39 is 0 Å². The van der Waals surface area contributed by atoms with Gasteiger partial charge in [0.15, 0.2) is 0 Å². The monoisotopic (exact) mass is 473 g/mol. The molecule has 1 aromatic carbocycles. The molecule has 0 atom stereocenters. The van der Waals surface area contributed by atoms with Crippen molar-refractivity contribution >= 4 is 28.3 Å². The molecule has 0 unspecified atom stereocenters. The van der Waals surface area contributed by atoms with Gasteiger partial charge >= 0.3 is 0 Å². The van der Waals surface area contributed by atoms with E-state index in [1.807, 2.05) is 30.3 Å². The van der Waals surface area contributed by atoms with Crippen LogP contribution in [0, 0.1) is 35.1 Å². The highest BCUT2D eigenvalue weighted by Gasteiger charge is 2.51. The van der Waals surface area contributed by atoms with Gasteiger partial charge in [0.05, 0.1) is 11.2 Å². The van der Waals surface area contributed by atoms with Crippen LogP contribution in [0.1, 0.15) is 65.2 Å². The molecule has 5 nitrogen and oxygen atoms in total. The van der Waals surface area contributed by atoms with Gasteiger partial charge in [0, 0.05) is 31.4 Å². The number of rotatable bonds is 11. The molecule has 5 heteroatoms. The van der Waals surface area contributed by atoms with Crippen LogP contribution in [0.25, 0.3) is 10.9 Å². The lowest BCUT2D eigenvalue weighted by Crippen LogP contribution is -2.47. The second kappa shape index (κ2) is 9.93.